The van der Waals surface area contributed by atoms with Crippen molar-refractivity contribution in [2.24, 2.45) is 0 Å². The van der Waals surface area contributed by atoms with Gasteiger partial charge in [0.15, 0.2) is 5.11 Å². The largest absolute Gasteiger partial charge is 0.374 e. The Labute approximate surface area is 205 Å². The summed E-state index contributed by atoms with van der Waals surface area (Å²) >= 11 is 11.2. The van der Waals surface area contributed by atoms with Crippen LogP contribution in [0.3, 0.4) is 0 Å². The third kappa shape index (κ3) is 4.11. The molecule has 5 nitrogen and oxygen atoms in total. The van der Waals surface area contributed by atoms with Crippen LogP contribution in [0.15, 0.2) is 90.5 Å². The minimum Gasteiger partial charge on any atom is -0.374 e. The topological polar surface area (TPSA) is 61.4 Å². The van der Waals surface area contributed by atoms with E-state index in [1.165, 1.54) is 17.0 Å². The van der Waals surface area contributed by atoms with Gasteiger partial charge in [0, 0.05) is 16.3 Å². The van der Waals surface area contributed by atoms with Gasteiger partial charge < -0.3 is 5.32 Å². The van der Waals surface area contributed by atoms with E-state index in [1.807, 2.05) is 30.3 Å². The summed E-state index contributed by atoms with van der Waals surface area (Å²) < 4.78 is 13.4. The van der Waals surface area contributed by atoms with Gasteiger partial charge in [-0.05, 0) is 78.0 Å². The lowest BCUT2D eigenvalue weighted by atomic mass is 9.91. The first kappa shape index (κ1) is 22.0. The second kappa shape index (κ2) is 8.85. The number of fused-ring (bicyclic) bond motifs is 1. The molecule has 2 aliphatic heterocycles. The van der Waals surface area contributed by atoms with Crippen LogP contribution in [0.2, 0.25) is 5.02 Å². The average molecular weight is 490 g/mol. The number of rotatable bonds is 3. The van der Waals surface area contributed by atoms with E-state index in [0.717, 1.165) is 16.8 Å². The summed E-state index contributed by atoms with van der Waals surface area (Å²) in [6.07, 6.45) is 3.47. The van der Waals surface area contributed by atoms with E-state index in [2.05, 4.69) is 10.6 Å². The number of carbonyl (C=O) groups is 2. The van der Waals surface area contributed by atoms with Crippen LogP contribution in [0.1, 0.15) is 17.2 Å². The first-order valence-corrected chi connectivity index (χ1v) is 11.2. The first-order valence-electron chi connectivity index (χ1n) is 10.4. The second-order valence-electron chi connectivity index (χ2n) is 7.78. The van der Waals surface area contributed by atoms with Gasteiger partial charge in [-0.3, -0.25) is 19.8 Å². The molecule has 1 atom stereocenters. The summed E-state index contributed by atoms with van der Waals surface area (Å²) in [6.45, 7) is 0. The van der Waals surface area contributed by atoms with Gasteiger partial charge >= 0.3 is 0 Å². The fourth-order valence-corrected chi connectivity index (χ4v) is 4.36. The Morgan fingerprint density at radius 3 is 2.41 bits per heavy atom. The van der Waals surface area contributed by atoms with Crippen molar-refractivity contribution in [1.82, 2.24) is 5.32 Å². The molecule has 0 aliphatic carbocycles. The monoisotopic (exact) mass is 489 g/mol. The maximum Gasteiger partial charge on any atom is 0.270 e. The Balaban J connectivity index is 1.58. The molecule has 0 radical (unpaired) electrons. The molecule has 8 heteroatoms. The number of allylic oxidation sites excluding steroid dienone is 2. The predicted octanol–water partition coefficient (Wildman–Crippen LogP) is 5.40. The molecule has 1 saturated heterocycles. The third-order valence-electron chi connectivity index (χ3n) is 5.61. The van der Waals surface area contributed by atoms with Crippen molar-refractivity contribution in [3.05, 3.63) is 112 Å². The molecule has 3 aromatic carbocycles. The van der Waals surface area contributed by atoms with E-state index in [0.29, 0.717) is 16.3 Å². The number of anilines is 2. The zero-order valence-electron chi connectivity index (χ0n) is 17.6. The zero-order chi connectivity index (χ0) is 23.8. The van der Waals surface area contributed by atoms with E-state index in [1.54, 1.807) is 42.5 Å². The van der Waals surface area contributed by atoms with Gasteiger partial charge in [0.1, 0.15) is 11.4 Å². The maximum atomic E-state index is 13.4. The molecule has 1 unspecified atom stereocenters. The van der Waals surface area contributed by atoms with Gasteiger partial charge in [-0.1, -0.05) is 41.9 Å². The molecule has 2 aliphatic rings. The van der Waals surface area contributed by atoms with Gasteiger partial charge in [0.05, 0.1) is 11.7 Å². The van der Waals surface area contributed by atoms with Crippen LogP contribution in [-0.2, 0) is 9.59 Å². The molecule has 0 saturated carbocycles. The van der Waals surface area contributed by atoms with Gasteiger partial charge in [-0.15, -0.1) is 0 Å². The highest BCUT2D eigenvalue weighted by molar-refractivity contribution is 7.80. The van der Waals surface area contributed by atoms with E-state index in [9.17, 15) is 14.0 Å². The van der Waals surface area contributed by atoms with Gasteiger partial charge in [-0.25, -0.2) is 4.39 Å². The number of nitrogens with one attached hydrogen (secondary N) is 2. The lowest BCUT2D eigenvalue weighted by Gasteiger charge is -2.30. The number of amides is 2. The van der Waals surface area contributed by atoms with E-state index < -0.39 is 11.8 Å². The van der Waals surface area contributed by atoms with E-state index in [4.69, 9.17) is 23.8 Å². The van der Waals surface area contributed by atoms with Gasteiger partial charge in [0.2, 0.25) is 0 Å². The van der Waals surface area contributed by atoms with Crippen LogP contribution in [0.25, 0.3) is 5.57 Å². The SMILES string of the molecule is O=C1NC(=S)N(c2ccc(Cl)cc2)C(=O)/C1=C/C1=CC(c2ccc(F)cc2)Nc2ccccc21. The lowest BCUT2D eigenvalue weighted by molar-refractivity contribution is -0.122. The van der Waals surface area contributed by atoms with Crippen LogP contribution in [0.5, 0.6) is 0 Å². The van der Waals surface area contributed by atoms with Crippen LogP contribution < -0.4 is 15.5 Å². The minimum absolute atomic E-state index is 0.00153. The number of hydrogen-bond donors (Lipinski definition) is 2. The van der Waals surface area contributed by atoms with E-state index >= 15 is 0 Å². The van der Waals surface area contributed by atoms with Crippen molar-refractivity contribution in [2.75, 3.05) is 10.2 Å². The Kier molecular flexibility index (Phi) is 5.73. The van der Waals surface area contributed by atoms with Gasteiger partial charge in [-0.2, -0.15) is 0 Å². The smallest absolute Gasteiger partial charge is 0.270 e. The van der Waals surface area contributed by atoms with Crippen molar-refractivity contribution in [3.8, 4) is 0 Å². The Morgan fingerprint density at radius 1 is 0.971 bits per heavy atom. The zero-order valence-corrected chi connectivity index (χ0v) is 19.2. The Morgan fingerprint density at radius 2 is 1.68 bits per heavy atom. The number of halogens is 2. The minimum atomic E-state index is -0.574. The molecule has 3 aromatic rings. The summed E-state index contributed by atoms with van der Waals surface area (Å²) in [6, 6.07) is 20.1. The molecule has 5 rings (SSSR count). The van der Waals surface area contributed by atoms with Crippen molar-refractivity contribution in [3.63, 3.8) is 0 Å². The second-order valence-corrected chi connectivity index (χ2v) is 8.60. The standard InChI is InChI=1S/C26H17ClFN3O2S/c27-17-7-11-19(12-8-17)31-25(33)21(24(32)30-26(31)34)13-16-14-23(15-5-9-18(28)10-6-15)29-22-4-2-1-3-20(16)22/h1-14,23,29H,(H,30,32,34)/b21-13+. The molecule has 168 valence electrons. The van der Waals surface area contributed by atoms with Crippen molar-refractivity contribution in [1.29, 1.82) is 0 Å². The number of benzene rings is 3. The Hall–Kier alpha value is -3.81. The quantitative estimate of drug-likeness (QED) is 0.293. The van der Waals surface area contributed by atoms with Crippen LogP contribution in [-0.4, -0.2) is 16.9 Å². The predicted molar refractivity (Wildman–Crippen MR) is 135 cm³/mol. The Bertz CT molecular complexity index is 1380. The summed E-state index contributed by atoms with van der Waals surface area (Å²) in [5, 5.41) is 6.52. The maximum absolute atomic E-state index is 13.4. The molecule has 2 amide bonds. The van der Waals surface area contributed by atoms with Crippen LogP contribution in [0, 0.1) is 5.82 Å². The lowest BCUT2D eigenvalue weighted by Crippen LogP contribution is -2.54. The summed E-state index contributed by atoms with van der Waals surface area (Å²) in [4.78, 5) is 27.5. The molecular formula is C26H17ClFN3O2S. The average Bonchev–Trinajstić information content (AvgIpc) is 2.83. The fourth-order valence-electron chi connectivity index (χ4n) is 3.95. The van der Waals surface area contributed by atoms with Crippen LogP contribution in [0.4, 0.5) is 15.8 Å². The normalized spacial score (nSPS) is 18.8. The molecule has 2 heterocycles. The molecule has 34 heavy (non-hydrogen) atoms. The highest BCUT2D eigenvalue weighted by Gasteiger charge is 2.35. The number of para-hydroxylation sites is 1. The highest BCUT2D eigenvalue weighted by atomic mass is 35.5. The number of hydrogen-bond acceptors (Lipinski definition) is 4. The molecule has 0 aromatic heterocycles. The molecular weight excluding hydrogens is 473 g/mol. The number of nitrogens with zero attached hydrogens (tertiary/aromatic N) is 1. The molecule has 1 fully saturated rings. The third-order valence-corrected chi connectivity index (χ3v) is 6.15. The van der Waals surface area contributed by atoms with Gasteiger partial charge in [0.25, 0.3) is 11.8 Å². The first-order chi connectivity index (χ1) is 16.4. The molecule has 2 N–H and O–H groups in total. The van der Waals surface area contributed by atoms with E-state index in [-0.39, 0.29) is 22.5 Å². The molecule has 0 spiro atoms. The van der Waals surface area contributed by atoms with Crippen LogP contribution >= 0.6 is 23.8 Å². The number of thiocarbonyl (C=S) groups is 1. The van der Waals surface area contributed by atoms with Crippen molar-refractivity contribution < 1.29 is 14.0 Å². The molecule has 0 bridgehead atoms. The highest BCUT2D eigenvalue weighted by Crippen LogP contribution is 2.37. The number of carbonyl (C=O) groups excluding carboxylic acids is 2. The fraction of sp³-hybridized carbons (Fsp3) is 0.0385. The van der Waals surface area contributed by atoms with Crippen molar-refractivity contribution >= 4 is 57.7 Å². The summed E-state index contributed by atoms with van der Waals surface area (Å²) in [7, 11) is 0. The van der Waals surface area contributed by atoms with Crippen molar-refractivity contribution in [2.45, 2.75) is 6.04 Å². The summed E-state index contributed by atoms with van der Waals surface area (Å²) in [5.41, 5.74) is 3.64. The summed E-state index contributed by atoms with van der Waals surface area (Å²) in [5.74, 6) is -1.43.